The number of rotatable bonds is 5. The van der Waals surface area contributed by atoms with E-state index in [-0.39, 0.29) is 18.1 Å². The zero-order chi connectivity index (χ0) is 12.2. The highest BCUT2D eigenvalue weighted by Gasteiger charge is 2.22. The van der Waals surface area contributed by atoms with Crippen molar-refractivity contribution in [2.24, 2.45) is 5.41 Å². The predicted molar refractivity (Wildman–Crippen MR) is 60.4 cm³/mol. The zero-order valence-corrected chi connectivity index (χ0v) is 10.2. The quantitative estimate of drug-likeness (QED) is 0.795. The van der Waals surface area contributed by atoms with E-state index in [1.165, 1.54) is 12.1 Å². The van der Waals surface area contributed by atoms with Crippen molar-refractivity contribution in [2.75, 3.05) is 13.2 Å². The molecule has 0 heterocycles. The van der Waals surface area contributed by atoms with E-state index in [1.807, 2.05) is 0 Å². The maximum atomic E-state index is 11.7. The maximum absolute atomic E-state index is 11.7. The van der Waals surface area contributed by atoms with Crippen molar-refractivity contribution in [2.45, 2.75) is 18.7 Å². The van der Waals surface area contributed by atoms with Crippen LogP contribution in [0.2, 0.25) is 0 Å². The van der Waals surface area contributed by atoms with Crippen LogP contribution < -0.4 is 0 Å². The van der Waals surface area contributed by atoms with Crippen LogP contribution in [0, 0.1) is 5.41 Å². The molecule has 0 saturated heterocycles. The first kappa shape index (κ1) is 13.2. The summed E-state index contributed by atoms with van der Waals surface area (Å²) in [4.78, 5) is 0.128. The number of hydrogen-bond acceptors (Lipinski definition) is 4. The Kier molecular flexibility index (Phi) is 4.07. The fourth-order valence-electron chi connectivity index (χ4n) is 0.938. The van der Waals surface area contributed by atoms with Crippen molar-refractivity contribution in [3.8, 4) is 0 Å². The van der Waals surface area contributed by atoms with E-state index < -0.39 is 15.5 Å². The normalized spacial score (nSPS) is 12.7. The second kappa shape index (κ2) is 4.95. The Morgan fingerprint density at radius 2 is 1.81 bits per heavy atom. The minimum atomic E-state index is -3.71. The van der Waals surface area contributed by atoms with Crippen molar-refractivity contribution in [3.05, 3.63) is 30.3 Å². The summed E-state index contributed by atoms with van der Waals surface area (Å²) in [7, 11) is -3.71. The summed E-state index contributed by atoms with van der Waals surface area (Å²) in [6.07, 6.45) is 0. The van der Waals surface area contributed by atoms with Crippen LogP contribution in [0.4, 0.5) is 0 Å². The SMILES string of the molecule is CC(C)(CO)COS(=O)(=O)c1ccccc1. The second-order valence-electron chi connectivity index (χ2n) is 4.35. The van der Waals surface area contributed by atoms with Gasteiger partial charge < -0.3 is 5.11 Å². The highest BCUT2D eigenvalue weighted by Crippen LogP contribution is 2.18. The molecule has 0 aromatic heterocycles. The summed E-state index contributed by atoms with van der Waals surface area (Å²) < 4.78 is 28.3. The van der Waals surface area contributed by atoms with Crippen LogP contribution in [0.3, 0.4) is 0 Å². The second-order valence-corrected chi connectivity index (χ2v) is 5.97. The minimum Gasteiger partial charge on any atom is -0.396 e. The van der Waals surface area contributed by atoms with Gasteiger partial charge >= 0.3 is 0 Å². The first-order valence-electron chi connectivity index (χ1n) is 4.93. The lowest BCUT2D eigenvalue weighted by molar-refractivity contribution is 0.101. The van der Waals surface area contributed by atoms with Gasteiger partial charge in [0.25, 0.3) is 10.1 Å². The molecule has 16 heavy (non-hydrogen) atoms. The molecule has 0 radical (unpaired) electrons. The van der Waals surface area contributed by atoms with Gasteiger partial charge in [-0.15, -0.1) is 0 Å². The molecule has 1 aromatic carbocycles. The van der Waals surface area contributed by atoms with Crippen LogP contribution in [0.5, 0.6) is 0 Å². The molecule has 5 heteroatoms. The van der Waals surface area contributed by atoms with E-state index in [0.717, 1.165) is 0 Å². The molecular formula is C11H16O4S. The van der Waals surface area contributed by atoms with Crippen molar-refractivity contribution >= 4 is 10.1 Å². The molecule has 0 amide bonds. The van der Waals surface area contributed by atoms with E-state index >= 15 is 0 Å². The number of aliphatic hydroxyl groups excluding tert-OH is 1. The molecular weight excluding hydrogens is 228 g/mol. The minimum absolute atomic E-state index is 0.0409. The fraction of sp³-hybridized carbons (Fsp3) is 0.455. The third-order valence-corrected chi connectivity index (χ3v) is 3.34. The third kappa shape index (κ3) is 3.59. The molecule has 0 aliphatic heterocycles. The molecule has 0 saturated carbocycles. The first-order valence-corrected chi connectivity index (χ1v) is 6.34. The van der Waals surface area contributed by atoms with Crippen molar-refractivity contribution in [1.29, 1.82) is 0 Å². The molecule has 1 rings (SSSR count). The first-order chi connectivity index (χ1) is 7.37. The predicted octanol–water partition coefficient (Wildman–Crippen LogP) is 1.41. The molecule has 90 valence electrons. The van der Waals surface area contributed by atoms with Gasteiger partial charge in [-0.1, -0.05) is 32.0 Å². The molecule has 1 N–H and O–H groups in total. The molecule has 0 aliphatic carbocycles. The van der Waals surface area contributed by atoms with Gasteiger partial charge in [0.05, 0.1) is 18.1 Å². The van der Waals surface area contributed by atoms with Gasteiger partial charge in [-0.25, -0.2) is 0 Å². The summed E-state index contributed by atoms with van der Waals surface area (Å²) in [6, 6.07) is 7.94. The van der Waals surface area contributed by atoms with Crippen LogP contribution in [-0.4, -0.2) is 26.7 Å². The van der Waals surface area contributed by atoms with Crippen LogP contribution in [0.1, 0.15) is 13.8 Å². The summed E-state index contributed by atoms with van der Waals surface area (Å²) in [6.45, 7) is 3.29. The Balaban J connectivity index is 2.75. The Labute approximate surface area is 96.0 Å². The van der Waals surface area contributed by atoms with Crippen LogP contribution >= 0.6 is 0 Å². The molecule has 0 aliphatic rings. The highest BCUT2D eigenvalue weighted by molar-refractivity contribution is 7.86. The van der Waals surface area contributed by atoms with Gasteiger partial charge in [-0.2, -0.15) is 8.42 Å². The summed E-state index contributed by atoms with van der Waals surface area (Å²) >= 11 is 0. The average molecular weight is 244 g/mol. The maximum Gasteiger partial charge on any atom is 0.296 e. The molecule has 4 nitrogen and oxygen atoms in total. The molecule has 0 atom stereocenters. The van der Waals surface area contributed by atoms with E-state index in [0.29, 0.717) is 0 Å². The van der Waals surface area contributed by atoms with Gasteiger partial charge in [0, 0.05) is 5.41 Å². The van der Waals surface area contributed by atoms with Gasteiger partial charge in [-0.3, -0.25) is 4.18 Å². The van der Waals surface area contributed by atoms with Crippen molar-refractivity contribution in [3.63, 3.8) is 0 Å². The van der Waals surface area contributed by atoms with E-state index in [9.17, 15) is 8.42 Å². The molecule has 0 spiro atoms. The summed E-state index contributed by atoms with van der Waals surface area (Å²) in [5.74, 6) is 0. The Morgan fingerprint density at radius 1 is 1.25 bits per heavy atom. The van der Waals surface area contributed by atoms with Crippen LogP contribution in [0.15, 0.2) is 35.2 Å². The number of aliphatic hydroxyl groups is 1. The van der Waals surface area contributed by atoms with Gasteiger partial charge in [0.15, 0.2) is 0 Å². The standard InChI is InChI=1S/C11H16O4S/c1-11(2,8-12)9-15-16(13,14)10-6-4-3-5-7-10/h3-7,12H,8-9H2,1-2H3. The van der Waals surface area contributed by atoms with E-state index in [4.69, 9.17) is 9.29 Å². The largest absolute Gasteiger partial charge is 0.396 e. The average Bonchev–Trinajstić information content (AvgIpc) is 2.28. The smallest absolute Gasteiger partial charge is 0.296 e. The Morgan fingerprint density at radius 3 is 2.31 bits per heavy atom. The lowest BCUT2D eigenvalue weighted by atomic mass is 9.97. The zero-order valence-electron chi connectivity index (χ0n) is 9.38. The molecule has 0 fully saturated rings. The van der Waals surface area contributed by atoms with Crippen molar-refractivity contribution in [1.82, 2.24) is 0 Å². The lowest BCUT2D eigenvalue weighted by Crippen LogP contribution is -2.25. The van der Waals surface area contributed by atoms with Gasteiger partial charge in [0.1, 0.15) is 0 Å². The number of hydrogen-bond donors (Lipinski definition) is 1. The fourth-order valence-corrected chi connectivity index (χ4v) is 2.04. The molecule has 0 unspecified atom stereocenters. The third-order valence-electron chi connectivity index (χ3n) is 2.06. The van der Waals surface area contributed by atoms with E-state index in [1.54, 1.807) is 32.0 Å². The van der Waals surface area contributed by atoms with Gasteiger partial charge in [-0.05, 0) is 12.1 Å². The highest BCUT2D eigenvalue weighted by atomic mass is 32.2. The van der Waals surface area contributed by atoms with E-state index in [2.05, 4.69) is 0 Å². The molecule has 0 bridgehead atoms. The summed E-state index contributed by atoms with van der Waals surface area (Å²) in [5.41, 5.74) is -0.568. The van der Waals surface area contributed by atoms with Crippen LogP contribution in [0.25, 0.3) is 0 Å². The molecule has 1 aromatic rings. The van der Waals surface area contributed by atoms with Gasteiger partial charge in [0.2, 0.25) is 0 Å². The summed E-state index contributed by atoms with van der Waals surface area (Å²) in [5, 5.41) is 8.99. The Hall–Kier alpha value is -0.910. The number of benzene rings is 1. The van der Waals surface area contributed by atoms with Crippen LogP contribution in [-0.2, 0) is 14.3 Å². The lowest BCUT2D eigenvalue weighted by Gasteiger charge is -2.20. The topological polar surface area (TPSA) is 63.6 Å². The Bertz CT molecular complexity index is 423. The van der Waals surface area contributed by atoms with Crippen molar-refractivity contribution < 1.29 is 17.7 Å². The monoisotopic (exact) mass is 244 g/mol.